The van der Waals surface area contributed by atoms with Crippen LogP contribution in [0.5, 0.6) is 0 Å². The van der Waals surface area contributed by atoms with Gasteiger partial charge >= 0.3 is 0 Å². The number of benzene rings is 1. The highest BCUT2D eigenvalue weighted by molar-refractivity contribution is 9.52. The zero-order chi connectivity index (χ0) is 9.97. The van der Waals surface area contributed by atoms with E-state index in [-0.39, 0.29) is 0 Å². The minimum Gasteiger partial charge on any atom is -0.284 e. The van der Waals surface area contributed by atoms with Crippen LogP contribution in [0.4, 0.5) is 0 Å². The maximum absolute atomic E-state index is 12.2. The molecule has 5 heteroatoms. The fourth-order valence-corrected chi connectivity index (χ4v) is 2.66. The van der Waals surface area contributed by atoms with Crippen LogP contribution in [0, 0.1) is 0 Å². The van der Waals surface area contributed by atoms with Crippen molar-refractivity contribution in [1.82, 2.24) is 0 Å². The van der Waals surface area contributed by atoms with Crippen LogP contribution in [0.3, 0.4) is 0 Å². The molecule has 0 aliphatic rings. The van der Waals surface area contributed by atoms with E-state index in [1.54, 1.807) is 24.3 Å². The predicted octanol–water partition coefficient (Wildman–Crippen LogP) is 2.30. The second kappa shape index (κ2) is 3.49. The topological polar surface area (TPSA) is 35.5 Å². The third-order valence-electron chi connectivity index (χ3n) is 1.69. The van der Waals surface area contributed by atoms with Crippen molar-refractivity contribution in [1.29, 1.82) is 0 Å². The van der Waals surface area contributed by atoms with Crippen molar-refractivity contribution >= 4 is 22.9 Å². The van der Waals surface area contributed by atoms with Crippen molar-refractivity contribution in [2.24, 2.45) is 0 Å². The third kappa shape index (κ3) is 1.99. The molecule has 0 spiro atoms. The summed E-state index contributed by atoms with van der Waals surface area (Å²) < 4.78 is 22.0. The summed E-state index contributed by atoms with van der Waals surface area (Å²) in [6.07, 6.45) is 0. The molecule has 13 heavy (non-hydrogen) atoms. The van der Waals surface area contributed by atoms with Crippen molar-refractivity contribution in [3.63, 3.8) is 0 Å². The SMILES string of the molecule is COS(=O)(Br)(OC)c1ccccc1. The van der Waals surface area contributed by atoms with Crippen LogP contribution < -0.4 is 0 Å². The largest absolute Gasteiger partial charge is 0.284 e. The molecular formula is C8H11BrO3S. The molecular weight excluding hydrogens is 256 g/mol. The van der Waals surface area contributed by atoms with E-state index in [0.29, 0.717) is 4.90 Å². The molecule has 0 fully saturated rings. The van der Waals surface area contributed by atoms with Crippen LogP contribution >= 0.6 is 14.8 Å². The van der Waals surface area contributed by atoms with Gasteiger partial charge in [-0.2, -0.15) is 0 Å². The van der Waals surface area contributed by atoms with Gasteiger partial charge in [0.15, 0.2) is 8.06 Å². The van der Waals surface area contributed by atoms with Crippen molar-refractivity contribution in [3.05, 3.63) is 30.3 Å². The molecule has 0 N–H and O–H groups in total. The van der Waals surface area contributed by atoms with Gasteiger partial charge in [-0.15, -0.1) is 0 Å². The third-order valence-corrected chi connectivity index (χ3v) is 6.55. The quantitative estimate of drug-likeness (QED) is 0.788. The maximum atomic E-state index is 12.2. The Morgan fingerprint density at radius 2 is 1.62 bits per heavy atom. The highest BCUT2D eigenvalue weighted by atomic mass is 79.9. The molecule has 0 amide bonds. The molecule has 0 bridgehead atoms. The molecule has 1 rings (SSSR count). The lowest BCUT2D eigenvalue weighted by Crippen LogP contribution is -2.28. The van der Waals surface area contributed by atoms with Gasteiger partial charge in [0.1, 0.15) is 0 Å². The van der Waals surface area contributed by atoms with Crippen molar-refractivity contribution in [3.8, 4) is 0 Å². The fraction of sp³-hybridized carbons (Fsp3) is 0.250. The van der Waals surface area contributed by atoms with E-state index < -0.39 is 8.06 Å². The van der Waals surface area contributed by atoms with Gasteiger partial charge in [-0.05, 0) is 12.1 Å². The van der Waals surface area contributed by atoms with E-state index in [2.05, 4.69) is 14.8 Å². The molecule has 0 atom stereocenters. The lowest BCUT2D eigenvalue weighted by Gasteiger charge is -2.32. The summed E-state index contributed by atoms with van der Waals surface area (Å²) in [6, 6.07) is 8.72. The molecule has 0 saturated heterocycles. The summed E-state index contributed by atoms with van der Waals surface area (Å²) >= 11 is 3.00. The van der Waals surface area contributed by atoms with Gasteiger partial charge in [-0.1, -0.05) is 18.2 Å². The second-order valence-corrected chi connectivity index (χ2v) is 8.30. The summed E-state index contributed by atoms with van der Waals surface area (Å²) in [5.41, 5.74) is 0. The molecule has 0 radical (unpaired) electrons. The van der Waals surface area contributed by atoms with E-state index in [0.717, 1.165) is 0 Å². The second-order valence-electron chi connectivity index (χ2n) is 2.37. The van der Waals surface area contributed by atoms with Crippen LogP contribution in [0.15, 0.2) is 35.2 Å². The van der Waals surface area contributed by atoms with E-state index in [1.807, 2.05) is 6.07 Å². The Hall–Kier alpha value is -0.230. The molecule has 3 nitrogen and oxygen atoms in total. The maximum Gasteiger partial charge on any atom is 0.168 e. The molecule has 74 valence electrons. The standard InChI is InChI=1S/C8H11BrO3S/c1-11-13(9,10,12-2)8-6-4-3-5-7-8/h3-7H,1-2H3. The Morgan fingerprint density at radius 3 is 2.00 bits per heavy atom. The summed E-state index contributed by atoms with van der Waals surface area (Å²) in [5.74, 6) is 0. The molecule has 0 saturated carbocycles. The van der Waals surface area contributed by atoms with Crippen LogP contribution in [-0.4, -0.2) is 18.4 Å². The Kier molecular flexibility index (Phi) is 2.91. The monoisotopic (exact) mass is 266 g/mol. The summed E-state index contributed by atoms with van der Waals surface area (Å²) in [6.45, 7) is 0. The summed E-state index contributed by atoms with van der Waals surface area (Å²) in [5, 5.41) is 0. The molecule has 1 aromatic carbocycles. The fourth-order valence-electron chi connectivity index (χ4n) is 0.899. The lowest BCUT2D eigenvalue weighted by molar-refractivity contribution is 0.305. The zero-order valence-electron chi connectivity index (χ0n) is 7.40. The van der Waals surface area contributed by atoms with Crippen molar-refractivity contribution in [2.75, 3.05) is 14.2 Å². The molecule has 0 aromatic heterocycles. The molecule has 1 aromatic rings. The highest BCUT2D eigenvalue weighted by Crippen LogP contribution is 2.43. The first-order valence-corrected chi connectivity index (χ1v) is 7.24. The number of hydrogen-bond donors (Lipinski definition) is 0. The number of rotatable bonds is 3. The average Bonchev–Trinajstić information content (AvgIpc) is 2.20. The number of halogens is 1. The zero-order valence-corrected chi connectivity index (χ0v) is 9.80. The van der Waals surface area contributed by atoms with E-state index in [4.69, 9.17) is 8.37 Å². The van der Waals surface area contributed by atoms with Crippen LogP contribution in [0.2, 0.25) is 0 Å². The summed E-state index contributed by atoms with van der Waals surface area (Å²) in [4.78, 5) is 0.476. The van der Waals surface area contributed by atoms with Crippen molar-refractivity contribution in [2.45, 2.75) is 4.90 Å². The van der Waals surface area contributed by atoms with E-state index in [1.165, 1.54) is 14.2 Å². The lowest BCUT2D eigenvalue weighted by atomic mass is 10.4. The Balaban J connectivity index is 3.28. The van der Waals surface area contributed by atoms with Crippen molar-refractivity contribution < 1.29 is 12.6 Å². The van der Waals surface area contributed by atoms with E-state index in [9.17, 15) is 4.21 Å². The van der Waals surface area contributed by atoms with Crippen LogP contribution in [-0.2, 0) is 16.4 Å². The molecule has 0 aliphatic heterocycles. The summed E-state index contributed by atoms with van der Waals surface area (Å²) in [7, 11) is -1.06. The minimum atomic E-state index is -3.73. The predicted molar refractivity (Wildman–Crippen MR) is 55.8 cm³/mol. The first-order valence-electron chi connectivity index (χ1n) is 3.59. The Bertz CT molecular complexity index is 342. The van der Waals surface area contributed by atoms with Gasteiger partial charge in [-0.3, -0.25) is 8.37 Å². The van der Waals surface area contributed by atoms with Gasteiger partial charge in [0.25, 0.3) is 0 Å². The molecule has 0 aliphatic carbocycles. The van der Waals surface area contributed by atoms with Gasteiger partial charge in [0.05, 0.1) is 33.9 Å². The van der Waals surface area contributed by atoms with Gasteiger partial charge in [0.2, 0.25) is 0 Å². The molecule has 0 heterocycles. The van der Waals surface area contributed by atoms with Gasteiger partial charge < -0.3 is 0 Å². The van der Waals surface area contributed by atoms with E-state index >= 15 is 0 Å². The van der Waals surface area contributed by atoms with Gasteiger partial charge in [-0.25, -0.2) is 4.21 Å². The first-order chi connectivity index (χ1) is 6.02. The number of hydrogen-bond acceptors (Lipinski definition) is 3. The Labute approximate surface area is 85.1 Å². The Morgan fingerprint density at radius 1 is 1.15 bits per heavy atom. The smallest absolute Gasteiger partial charge is 0.168 e. The van der Waals surface area contributed by atoms with Crippen LogP contribution in [0.1, 0.15) is 0 Å². The highest BCUT2D eigenvalue weighted by Gasteiger charge is 2.34. The molecule has 0 unspecified atom stereocenters. The first kappa shape index (κ1) is 10.8. The van der Waals surface area contributed by atoms with Crippen LogP contribution in [0.25, 0.3) is 0 Å². The average molecular weight is 267 g/mol. The minimum absolute atomic E-state index is 0.476. The van der Waals surface area contributed by atoms with Gasteiger partial charge in [0, 0.05) is 0 Å². The normalized spacial score (nSPS) is 14.8.